The van der Waals surface area contributed by atoms with Gasteiger partial charge in [-0.1, -0.05) is 52.3 Å². The molecule has 7 heteroatoms. The van der Waals surface area contributed by atoms with Crippen molar-refractivity contribution in [3.05, 3.63) is 69.7 Å². The predicted octanol–water partition coefficient (Wildman–Crippen LogP) is 1.82. The molecule has 2 amide bonds. The third-order valence-corrected chi connectivity index (χ3v) is 6.01. The fourth-order valence-corrected chi connectivity index (χ4v) is 3.91. The number of aliphatic hydroxyl groups is 2. The van der Waals surface area contributed by atoms with E-state index in [0.717, 1.165) is 34.0 Å². The molecule has 3 N–H and O–H groups in total. The molecule has 2 aliphatic rings. The van der Waals surface area contributed by atoms with Crippen LogP contribution in [0.4, 0.5) is 0 Å². The van der Waals surface area contributed by atoms with E-state index in [4.69, 9.17) is 0 Å². The van der Waals surface area contributed by atoms with Crippen LogP contribution < -0.4 is 5.32 Å². The number of halogens is 1. The highest BCUT2D eigenvalue weighted by Gasteiger charge is 2.47. The summed E-state index contributed by atoms with van der Waals surface area (Å²) in [6.07, 6.45) is -2.11. The summed E-state index contributed by atoms with van der Waals surface area (Å²) in [7, 11) is 0. The second kappa shape index (κ2) is 7.31. The molecule has 146 valence electrons. The molecule has 1 aliphatic carbocycles. The largest absolute Gasteiger partial charge is 0.380 e. The first-order chi connectivity index (χ1) is 13.4. The number of carbonyl (C=O) groups is 2. The zero-order valence-electron chi connectivity index (χ0n) is 15.1. The lowest BCUT2D eigenvalue weighted by Crippen LogP contribution is -2.51. The van der Waals surface area contributed by atoms with Crippen LogP contribution in [0.25, 0.3) is 0 Å². The molecule has 1 aliphatic heterocycles. The van der Waals surface area contributed by atoms with Crippen molar-refractivity contribution in [3.63, 3.8) is 0 Å². The van der Waals surface area contributed by atoms with E-state index in [9.17, 15) is 19.8 Å². The quantitative estimate of drug-likeness (QED) is 0.655. The van der Waals surface area contributed by atoms with Crippen molar-refractivity contribution in [2.24, 2.45) is 0 Å². The maximum atomic E-state index is 12.6. The van der Waals surface area contributed by atoms with Crippen molar-refractivity contribution in [2.45, 2.75) is 43.7 Å². The summed E-state index contributed by atoms with van der Waals surface area (Å²) in [5.41, 5.74) is 2.42. The summed E-state index contributed by atoms with van der Waals surface area (Å²) in [6, 6.07) is 15.2. The van der Waals surface area contributed by atoms with Gasteiger partial charge in [-0.3, -0.25) is 9.59 Å². The molecule has 0 unspecified atom stereocenters. The molecular weight excluding hydrogens is 424 g/mol. The van der Waals surface area contributed by atoms with Crippen molar-refractivity contribution >= 4 is 27.7 Å². The van der Waals surface area contributed by atoms with Gasteiger partial charge in [-0.05, 0) is 41.7 Å². The molecule has 1 saturated carbocycles. The molecule has 4 rings (SSSR count). The first kappa shape index (κ1) is 19.1. The van der Waals surface area contributed by atoms with E-state index in [1.54, 1.807) is 0 Å². The number of aliphatic hydroxyl groups excluding tert-OH is 2. The summed E-state index contributed by atoms with van der Waals surface area (Å²) in [6.45, 7) is 0.729. The molecule has 2 aromatic rings. The Hall–Kier alpha value is -2.22. The predicted molar refractivity (Wildman–Crippen MR) is 106 cm³/mol. The third-order valence-electron chi connectivity index (χ3n) is 5.48. The number of rotatable bonds is 5. The molecule has 1 heterocycles. The molecule has 0 radical (unpaired) electrons. The average molecular weight is 445 g/mol. The van der Waals surface area contributed by atoms with E-state index in [2.05, 4.69) is 21.2 Å². The lowest BCUT2D eigenvalue weighted by atomic mass is 10.0. The highest BCUT2D eigenvalue weighted by molar-refractivity contribution is 9.10. The monoisotopic (exact) mass is 444 g/mol. The molecule has 1 fully saturated rings. The molecule has 2 aromatic carbocycles. The third kappa shape index (κ3) is 3.57. The highest BCUT2D eigenvalue weighted by Crippen LogP contribution is 2.45. The number of hydrogen-bond acceptors (Lipinski definition) is 4. The minimum atomic E-state index is -1.82. The summed E-state index contributed by atoms with van der Waals surface area (Å²) < 4.78 is 0.936. The van der Waals surface area contributed by atoms with Gasteiger partial charge in [-0.25, -0.2) is 0 Å². The fraction of sp³-hybridized carbons (Fsp3) is 0.333. The van der Waals surface area contributed by atoms with Gasteiger partial charge in [0, 0.05) is 17.6 Å². The summed E-state index contributed by atoms with van der Waals surface area (Å²) >= 11 is 3.38. The maximum Gasteiger partial charge on any atom is 0.255 e. The van der Waals surface area contributed by atoms with Crippen LogP contribution in [0.5, 0.6) is 0 Å². The van der Waals surface area contributed by atoms with Crippen LogP contribution in [-0.4, -0.2) is 39.1 Å². The van der Waals surface area contributed by atoms with Crippen LogP contribution in [-0.2, 0) is 28.2 Å². The van der Waals surface area contributed by atoms with Gasteiger partial charge in [0.25, 0.3) is 11.8 Å². The standard InChI is InChI=1S/C21H21BrN2O4/c22-16-7-5-15(6-8-16)21(9-10-21)23-19(27)17(25)18(26)20(28)24-11-13-3-1-2-4-14(13)12-24/h1-8,17-18,25-26H,9-12H2,(H,23,27)/t17-,18-/m1/s1. The Labute approximate surface area is 171 Å². The van der Waals surface area contributed by atoms with Crippen molar-refractivity contribution in [1.82, 2.24) is 10.2 Å². The number of amides is 2. The second-order valence-corrected chi connectivity index (χ2v) is 8.35. The van der Waals surface area contributed by atoms with Crippen molar-refractivity contribution in [1.29, 1.82) is 0 Å². The summed E-state index contributed by atoms with van der Waals surface area (Å²) in [4.78, 5) is 26.5. The molecule has 2 atom stereocenters. The van der Waals surface area contributed by atoms with E-state index >= 15 is 0 Å². The smallest absolute Gasteiger partial charge is 0.255 e. The Morgan fingerprint density at radius 1 is 0.964 bits per heavy atom. The van der Waals surface area contributed by atoms with Gasteiger partial charge >= 0.3 is 0 Å². The lowest BCUT2D eigenvalue weighted by molar-refractivity contribution is -0.154. The Kier molecular flexibility index (Phi) is 4.99. The Balaban J connectivity index is 1.40. The number of hydrogen-bond donors (Lipinski definition) is 3. The second-order valence-electron chi connectivity index (χ2n) is 7.43. The van der Waals surface area contributed by atoms with E-state index in [1.807, 2.05) is 48.5 Å². The van der Waals surface area contributed by atoms with E-state index in [-0.39, 0.29) is 0 Å². The molecule has 0 saturated heterocycles. The van der Waals surface area contributed by atoms with Crippen molar-refractivity contribution in [2.75, 3.05) is 0 Å². The molecule has 0 aromatic heterocycles. The Morgan fingerprint density at radius 3 is 2.07 bits per heavy atom. The number of fused-ring (bicyclic) bond motifs is 1. The zero-order chi connectivity index (χ0) is 19.9. The molecule has 6 nitrogen and oxygen atoms in total. The van der Waals surface area contributed by atoms with Gasteiger partial charge in [0.1, 0.15) is 0 Å². The highest BCUT2D eigenvalue weighted by atomic mass is 79.9. The maximum absolute atomic E-state index is 12.6. The minimum absolute atomic E-state index is 0.364. The van der Waals surface area contributed by atoms with Crippen LogP contribution in [0.1, 0.15) is 29.5 Å². The SMILES string of the molecule is O=C(NC1(c2ccc(Br)cc2)CC1)[C@H](O)[C@@H](O)C(=O)N1Cc2ccccc2C1. The number of nitrogens with zero attached hydrogens (tertiary/aromatic N) is 1. The van der Waals surface area contributed by atoms with Gasteiger partial charge in [-0.15, -0.1) is 0 Å². The first-order valence-electron chi connectivity index (χ1n) is 9.19. The van der Waals surface area contributed by atoms with Gasteiger partial charge < -0.3 is 20.4 Å². The number of benzene rings is 2. The lowest BCUT2D eigenvalue weighted by Gasteiger charge is -2.25. The van der Waals surface area contributed by atoms with Gasteiger partial charge in [0.05, 0.1) is 5.54 Å². The van der Waals surface area contributed by atoms with E-state index < -0.39 is 29.6 Å². The van der Waals surface area contributed by atoms with Crippen LogP contribution >= 0.6 is 15.9 Å². The van der Waals surface area contributed by atoms with Crippen molar-refractivity contribution < 1.29 is 19.8 Å². The summed E-state index contributed by atoms with van der Waals surface area (Å²) in [5.74, 6) is -1.38. The van der Waals surface area contributed by atoms with Gasteiger partial charge in [0.2, 0.25) is 0 Å². The van der Waals surface area contributed by atoms with Crippen LogP contribution in [0, 0.1) is 0 Å². The van der Waals surface area contributed by atoms with Gasteiger partial charge in [0.15, 0.2) is 12.2 Å². The minimum Gasteiger partial charge on any atom is -0.380 e. The molecular formula is C21H21BrN2O4. The van der Waals surface area contributed by atoms with Gasteiger partial charge in [-0.2, -0.15) is 0 Å². The molecule has 28 heavy (non-hydrogen) atoms. The molecule has 0 bridgehead atoms. The van der Waals surface area contributed by atoms with Crippen LogP contribution in [0.15, 0.2) is 53.0 Å². The van der Waals surface area contributed by atoms with Crippen molar-refractivity contribution in [3.8, 4) is 0 Å². The zero-order valence-corrected chi connectivity index (χ0v) is 16.7. The van der Waals surface area contributed by atoms with E-state index in [1.165, 1.54) is 4.90 Å². The van der Waals surface area contributed by atoms with E-state index in [0.29, 0.717) is 13.1 Å². The number of nitrogens with one attached hydrogen (secondary N) is 1. The topological polar surface area (TPSA) is 89.9 Å². The van der Waals surface area contributed by atoms with Crippen LogP contribution in [0.3, 0.4) is 0 Å². The molecule has 0 spiro atoms. The summed E-state index contributed by atoms with van der Waals surface area (Å²) in [5, 5.41) is 23.4. The Morgan fingerprint density at radius 2 is 1.54 bits per heavy atom. The normalized spacial score (nSPS) is 18.9. The van der Waals surface area contributed by atoms with Crippen LogP contribution in [0.2, 0.25) is 0 Å². The fourth-order valence-electron chi connectivity index (χ4n) is 3.64. The Bertz CT molecular complexity index is 886. The average Bonchev–Trinajstić information content (AvgIpc) is 3.34. The first-order valence-corrected chi connectivity index (χ1v) is 9.99. The number of carbonyl (C=O) groups excluding carboxylic acids is 2.